The van der Waals surface area contributed by atoms with Crippen LogP contribution in [0.4, 0.5) is 5.69 Å². The first kappa shape index (κ1) is 20.5. The fraction of sp³-hybridized carbons (Fsp3) is 0.440. The van der Waals surface area contributed by atoms with Crippen LogP contribution in [-0.2, 0) is 4.79 Å². The zero-order valence-corrected chi connectivity index (χ0v) is 18.3. The maximum absolute atomic E-state index is 12.3. The number of likely N-dealkylation sites (tertiary alicyclic amines) is 1. The molecular formula is C25H28ClN3O2. The van der Waals surface area contributed by atoms with E-state index in [0.29, 0.717) is 32.4 Å². The van der Waals surface area contributed by atoms with E-state index in [4.69, 9.17) is 11.6 Å². The SMILES string of the molecule is O=C(C1CC1)N1CCC(O)(CC2CC=NN2c2cccc(-c3ccccc3Cl)c2)CC1. The van der Waals surface area contributed by atoms with E-state index in [1.165, 1.54) is 0 Å². The van der Waals surface area contributed by atoms with E-state index < -0.39 is 5.60 Å². The molecule has 162 valence electrons. The van der Waals surface area contributed by atoms with E-state index in [1.807, 2.05) is 46.5 Å². The Morgan fingerprint density at radius 1 is 1.13 bits per heavy atom. The fourth-order valence-corrected chi connectivity index (χ4v) is 5.03. The third-order valence-corrected chi connectivity index (χ3v) is 7.10. The van der Waals surface area contributed by atoms with E-state index in [-0.39, 0.29) is 17.9 Å². The first-order valence-corrected chi connectivity index (χ1v) is 11.6. The molecule has 2 fully saturated rings. The number of aliphatic hydroxyl groups is 1. The predicted octanol–water partition coefficient (Wildman–Crippen LogP) is 4.73. The van der Waals surface area contributed by atoms with Gasteiger partial charge in [0.2, 0.25) is 5.91 Å². The molecule has 2 heterocycles. The second-order valence-corrected chi connectivity index (χ2v) is 9.50. The van der Waals surface area contributed by atoms with Crippen LogP contribution in [0.25, 0.3) is 11.1 Å². The van der Waals surface area contributed by atoms with Gasteiger partial charge in [-0.05, 0) is 55.9 Å². The summed E-state index contributed by atoms with van der Waals surface area (Å²) >= 11 is 6.40. The summed E-state index contributed by atoms with van der Waals surface area (Å²) in [6.07, 6.45) is 6.72. The first-order valence-electron chi connectivity index (χ1n) is 11.2. The van der Waals surface area contributed by atoms with Gasteiger partial charge in [-0.3, -0.25) is 9.80 Å². The third kappa shape index (κ3) is 4.35. The summed E-state index contributed by atoms with van der Waals surface area (Å²) < 4.78 is 0. The van der Waals surface area contributed by atoms with Crippen LogP contribution in [0.5, 0.6) is 0 Å². The highest BCUT2D eigenvalue weighted by Crippen LogP contribution is 2.37. The highest BCUT2D eigenvalue weighted by Gasteiger charge is 2.41. The molecule has 0 spiro atoms. The molecule has 1 amide bonds. The molecule has 5 rings (SSSR count). The number of nitrogens with zero attached hydrogens (tertiary/aromatic N) is 3. The van der Waals surface area contributed by atoms with E-state index >= 15 is 0 Å². The van der Waals surface area contributed by atoms with Crippen molar-refractivity contribution in [2.45, 2.75) is 50.2 Å². The average Bonchev–Trinajstić information content (AvgIpc) is 3.53. The van der Waals surface area contributed by atoms with Crippen LogP contribution in [0, 0.1) is 5.92 Å². The van der Waals surface area contributed by atoms with E-state index in [0.717, 1.165) is 41.1 Å². The van der Waals surface area contributed by atoms with Gasteiger partial charge < -0.3 is 10.0 Å². The predicted molar refractivity (Wildman–Crippen MR) is 124 cm³/mol. The number of hydrogen-bond donors (Lipinski definition) is 1. The molecule has 2 aromatic rings. The molecule has 2 aliphatic heterocycles. The van der Waals surface area contributed by atoms with Gasteiger partial charge in [0.25, 0.3) is 0 Å². The Hall–Kier alpha value is -2.37. The second-order valence-electron chi connectivity index (χ2n) is 9.09. The number of carbonyl (C=O) groups excluding carboxylic acids is 1. The van der Waals surface area contributed by atoms with Crippen molar-refractivity contribution in [2.24, 2.45) is 11.0 Å². The van der Waals surface area contributed by atoms with Crippen molar-refractivity contribution in [3.8, 4) is 11.1 Å². The van der Waals surface area contributed by atoms with Gasteiger partial charge in [-0.2, -0.15) is 5.10 Å². The smallest absolute Gasteiger partial charge is 0.225 e. The summed E-state index contributed by atoms with van der Waals surface area (Å²) in [5, 5.41) is 18.6. The maximum atomic E-state index is 12.3. The molecule has 1 N–H and O–H groups in total. The van der Waals surface area contributed by atoms with Crippen LogP contribution in [0.1, 0.15) is 38.5 Å². The van der Waals surface area contributed by atoms with Crippen LogP contribution in [-0.4, -0.2) is 46.9 Å². The molecule has 1 saturated carbocycles. The molecule has 1 aliphatic carbocycles. The van der Waals surface area contributed by atoms with Gasteiger partial charge in [0.1, 0.15) is 0 Å². The van der Waals surface area contributed by atoms with Crippen LogP contribution >= 0.6 is 11.6 Å². The van der Waals surface area contributed by atoms with Gasteiger partial charge in [-0.15, -0.1) is 0 Å². The molecule has 2 aromatic carbocycles. The zero-order valence-electron chi connectivity index (χ0n) is 17.6. The van der Waals surface area contributed by atoms with Gasteiger partial charge in [0.05, 0.1) is 17.3 Å². The van der Waals surface area contributed by atoms with Gasteiger partial charge in [-0.25, -0.2) is 0 Å². The standard InChI is InChI=1S/C25H28ClN3O2/c26-23-7-2-1-6-22(23)19-4-3-5-20(16-19)29-21(10-13-27-29)17-25(31)11-14-28(15-12-25)24(30)18-8-9-18/h1-7,13,16,18,21,31H,8-12,14-15,17H2. The molecule has 0 bridgehead atoms. The number of hydrogen-bond acceptors (Lipinski definition) is 4. The molecule has 1 saturated heterocycles. The van der Waals surface area contributed by atoms with Gasteiger partial charge in [-0.1, -0.05) is 41.9 Å². The van der Waals surface area contributed by atoms with Crippen molar-refractivity contribution < 1.29 is 9.90 Å². The number of rotatable bonds is 5. The molecule has 5 nitrogen and oxygen atoms in total. The average molecular weight is 438 g/mol. The number of halogens is 1. The molecule has 1 unspecified atom stereocenters. The molecule has 6 heteroatoms. The summed E-state index contributed by atoms with van der Waals surface area (Å²) in [5.74, 6) is 0.527. The lowest BCUT2D eigenvalue weighted by molar-refractivity contribution is -0.137. The lowest BCUT2D eigenvalue weighted by atomic mass is 9.84. The molecule has 0 aromatic heterocycles. The first-order chi connectivity index (χ1) is 15.0. The molecule has 3 aliphatic rings. The van der Waals surface area contributed by atoms with Crippen molar-refractivity contribution in [2.75, 3.05) is 18.1 Å². The van der Waals surface area contributed by atoms with Crippen molar-refractivity contribution in [1.82, 2.24) is 4.90 Å². The van der Waals surface area contributed by atoms with Crippen molar-refractivity contribution in [3.05, 3.63) is 53.6 Å². The number of amides is 1. The van der Waals surface area contributed by atoms with E-state index in [1.54, 1.807) is 0 Å². The highest BCUT2D eigenvalue weighted by atomic mass is 35.5. The Kier molecular flexibility index (Phi) is 5.49. The molecule has 0 radical (unpaired) electrons. The Morgan fingerprint density at radius 3 is 2.65 bits per heavy atom. The topological polar surface area (TPSA) is 56.1 Å². The lowest BCUT2D eigenvalue weighted by Gasteiger charge is -2.40. The van der Waals surface area contributed by atoms with Crippen LogP contribution < -0.4 is 5.01 Å². The van der Waals surface area contributed by atoms with E-state index in [2.05, 4.69) is 23.3 Å². The molecule has 31 heavy (non-hydrogen) atoms. The van der Waals surface area contributed by atoms with Crippen LogP contribution in [0.3, 0.4) is 0 Å². The zero-order chi connectivity index (χ0) is 21.4. The van der Waals surface area contributed by atoms with Crippen LogP contribution in [0.2, 0.25) is 5.02 Å². The summed E-state index contributed by atoms with van der Waals surface area (Å²) in [6, 6.07) is 16.2. The molecule has 1 atom stereocenters. The Morgan fingerprint density at radius 2 is 1.90 bits per heavy atom. The maximum Gasteiger partial charge on any atom is 0.225 e. The second kappa shape index (κ2) is 8.29. The van der Waals surface area contributed by atoms with Gasteiger partial charge in [0.15, 0.2) is 0 Å². The van der Waals surface area contributed by atoms with Gasteiger partial charge >= 0.3 is 0 Å². The monoisotopic (exact) mass is 437 g/mol. The summed E-state index contributed by atoms with van der Waals surface area (Å²) in [4.78, 5) is 14.3. The lowest BCUT2D eigenvalue weighted by Crippen LogP contribution is -2.49. The van der Waals surface area contributed by atoms with Crippen molar-refractivity contribution >= 4 is 29.4 Å². The summed E-state index contributed by atoms with van der Waals surface area (Å²) in [6.45, 7) is 1.31. The third-order valence-electron chi connectivity index (χ3n) is 6.77. The largest absolute Gasteiger partial charge is 0.390 e. The minimum atomic E-state index is -0.753. The molecular weight excluding hydrogens is 410 g/mol. The number of anilines is 1. The number of piperidine rings is 1. The Labute approximate surface area is 188 Å². The highest BCUT2D eigenvalue weighted by molar-refractivity contribution is 6.33. The summed E-state index contributed by atoms with van der Waals surface area (Å²) in [5.41, 5.74) is 2.30. The quantitative estimate of drug-likeness (QED) is 0.736. The number of carbonyl (C=O) groups is 1. The Balaban J connectivity index is 1.28. The van der Waals surface area contributed by atoms with Crippen molar-refractivity contribution in [1.29, 1.82) is 0 Å². The van der Waals surface area contributed by atoms with E-state index in [9.17, 15) is 9.90 Å². The fourth-order valence-electron chi connectivity index (χ4n) is 4.78. The normalized spacial score (nSPS) is 22.7. The summed E-state index contributed by atoms with van der Waals surface area (Å²) in [7, 11) is 0. The van der Waals surface area contributed by atoms with Crippen molar-refractivity contribution in [3.63, 3.8) is 0 Å². The van der Waals surface area contributed by atoms with Crippen LogP contribution in [0.15, 0.2) is 53.6 Å². The Bertz CT molecular complexity index is 996. The van der Waals surface area contributed by atoms with Gasteiger partial charge in [0, 0.05) is 42.2 Å². The number of hydrazone groups is 1. The number of benzene rings is 2. The minimum Gasteiger partial charge on any atom is -0.390 e. The minimum absolute atomic E-state index is 0.108.